The summed E-state index contributed by atoms with van der Waals surface area (Å²) in [7, 11) is 0. The van der Waals surface area contributed by atoms with Crippen LogP contribution >= 0.6 is 0 Å². The van der Waals surface area contributed by atoms with E-state index in [2.05, 4.69) is 18.4 Å². The van der Waals surface area contributed by atoms with Crippen molar-refractivity contribution in [1.82, 2.24) is 9.80 Å². The number of esters is 1. The molecule has 210 valence electrons. The van der Waals surface area contributed by atoms with E-state index in [1.54, 1.807) is 0 Å². The fourth-order valence-electron chi connectivity index (χ4n) is 5.96. The van der Waals surface area contributed by atoms with Gasteiger partial charge in [-0.25, -0.2) is 0 Å². The second kappa shape index (κ2) is 16.9. The van der Waals surface area contributed by atoms with Gasteiger partial charge in [0.25, 0.3) is 0 Å². The van der Waals surface area contributed by atoms with E-state index in [-0.39, 0.29) is 24.1 Å². The third-order valence-corrected chi connectivity index (χ3v) is 8.33. The van der Waals surface area contributed by atoms with E-state index < -0.39 is 11.8 Å². The number of unbranched alkanes of at least 4 members (excludes halogenated alkanes) is 14. The van der Waals surface area contributed by atoms with Crippen molar-refractivity contribution < 1.29 is 19.1 Å². The van der Waals surface area contributed by atoms with E-state index in [0.29, 0.717) is 19.7 Å². The molecule has 0 aliphatic carbocycles. The van der Waals surface area contributed by atoms with Crippen LogP contribution in [0.4, 0.5) is 0 Å². The number of nitrogens with zero attached hydrogens (tertiary/aromatic N) is 2. The summed E-state index contributed by atoms with van der Waals surface area (Å²) in [5.41, 5.74) is 0. The number of ether oxygens (including phenoxy) is 2. The molecule has 1 amide bonds. The Kier molecular flexibility index (Phi) is 13.6. The largest absolute Gasteiger partial charge is 0.465 e. The van der Waals surface area contributed by atoms with Crippen molar-refractivity contribution in [2.24, 2.45) is 11.8 Å². The first-order valence-electron chi connectivity index (χ1n) is 15.3. The fourth-order valence-corrected chi connectivity index (χ4v) is 5.96. The first-order valence-corrected chi connectivity index (χ1v) is 15.3. The van der Waals surface area contributed by atoms with Crippen LogP contribution in [0.25, 0.3) is 0 Å². The van der Waals surface area contributed by atoms with Crippen molar-refractivity contribution in [3.63, 3.8) is 0 Å². The molecule has 2 saturated heterocycles. The van der Waals surface area contributed by atoms with E-state index in [0.717, 1.165) is 25.9 Å². The Labute approximate surface area is 225 Å². The Morgan fingerprint density at radius 1 is 0.784 bits per heavy atom. The van der Waals surface area contributed by atoms with Crippen molar-refractivity contribution in [3.05, 3.63) is 24.9 Å². The number of rotatable bonds is 19. The lowest BCUT2D eigenvalue weighted by atomic mass is 9.82. The summed E-state index contributed by atoms with van der Waals surface area (Å²) in [6.45, 7) is 9.39. The normalized spacial score (nSPS) is 24.6. The molecule has 0 saturated carbocycles. The third kappa shape index (κ3) is 9.46. The molecule has 3 heterocycles. The maximum absolute atomic E-state index is 13.3. The van der Waals surface area contributed by atoms with Gasteiger partial charge in [-0.1, -0.05) is 116 Å². The summed E-state index contributed by atoms with van der Waals surface area (Å²) in [5, 5.41) is 0. The molecular formula is C31H52N2O4. The van der Waals surface area contributed by atoms with Gasteiger partial charge in [-0.15, -0.1) is 0 Å². The highest BCUT2D eigenvalue weighted by atomic mass is 16.5. The molecule has 0 aromatic heterocycles. The molecule has 0 aromatic carbocycles. The van der Waals surface area contributed by atoms with E-state index in [9.17, 15) is 9.59 Å². The molecule has 0 N–H and O–H groups in total. The zero-order valence-corrected chi connectivity index (χ0v) is 23.4. The molecule has 37 heavy (non-hydrogen) atoms. The maximum Gasteiger partial charge on any atom is 0.312 e. The van der Waals surface area contributed by atoms with Crippen LogP contribution in [0.1, 0.15) is 103 Å². The van der Waals surface area contributed by atoms with Crippen LogP contribution in [0, 0.1) is 11.8 Å². The van der Waals surface area contributed by atoms with Gasteiger partial charge >= 0.3 is 5.97 Å². The van der Waals surface area contributed by atoms with Crippen LogP contribution in [0.15, 0.2) is 24.9 Å². The molecule has 4 unspecified atom stereocenters. The third-order valence-electron chi connectivity index (χ3n) is 8.33. The van der Waals surface area contributed by atoms with Crippen molar-refractivity contribution in [2.75, 3.05) is 32.8 Å². The number of amides is 1. The molecule has 2 bridgehead atoms. The van der Waals surface area contributed by atoms with Gasteiger partial charge in [0.15, 0.2) is 0 Å². The minimum atomic E-state index is -0.517. The zero-order chi connectivity index (χ0) is 26.3. The second-order valence-electron chi connectivity index (χ2n) is 11.2. The van der Waals surface area contributed by atoms with Crippen molar-refractivity contribution in [2.45, 2.75) is 115 Å². The van der Waals surface area contributed by atoms with Gasteiger partial charge in [0, 0.05) is 26.2 Å². The van der Waals surface area contributed by atoms with E-state index in [4.69, 9.17) is 9.47 Å². The molecule has 4 atom stereocenters. The van der Waals surface area contributed by atoms with Crippen LogP contribution in [-0.4, -0.2) is 66.7 Å². The van der Waals surface area contributed by atoms with Gasteiger partial charge in [0.2, 0.25) is 5.91 Å². The topological polar surface area (TPSA) is 59.1 Å². The predicted octanol–water partition coefficient (Wildman–Crippen LogP) is 6.26. The highest BCUT2D eigenvalue weighted by molar-refractivity contribution is 5.88. The van der Waals surface area contributed by atoms with Crippen LogP contribution in [0.3, 0.4) is 0 Å². The van der Waals surface area contributed by atoms with Crippen LogP contribution in [-0.2, 0) is 19.1 Å². The summed E-state index contributed by atoms with van der Waals surface area (Å²) in [6.07, 6.45) is 24.7. The SMILES string of the molecule is C=CN1CCN(C(=O)C2C3C=CC(O3)C2C(=O)OCCCCCCCCCCCCCCCCC)CC1. The number of carbonyl (C=O) groups excluding carboxylic acids is 2. The second-order valence-corrected chi connectivity index (χ2v) is 11.2. The highest BCUT2D eigenvalue weighted by Crippen LogP contribution is 2.41. The number of carbonyl (C=O) groups is 2. The minimum Gasteiger partial charge on any atom is -0.465 e. The predicted molar refractivity (Wildman–Crippen MR) is 149 cm³/mol. The van der Waals surface area contributed by atoms with Gasteiger partial charge in [0.05, 0.1) is 24.7 Å². The van der Waals surface area contributed by atoms with Gasteiger partial charge in [-0.3, -0.25) is 9.59 Å². The number of fused-ring (bicyclic) bond motifs is 2. The first kappa shape index (κ1) is 29.7. The summed E-state index contributed by atoms with van der Waals surface area (Å²) < 4.78 is 11.6. The molecule has 3 aliphatic rings. The maximum atomic E-state index is 13.3. The van der Waals surface area contributed by atoms with Crippen molar-refractivity contribution in [3.8, 4) is 0 Å². The molecule has 0 spiro atoms. The van der Waals surface area contributed by atoms with Crippen molar-refractivity contribution in [1.29, 1.82) is 0 Å². The molecule has 0 aromatic rings. The first-order chi connectivity index (χ1) is 18.2. The summed E-state index contributed by atoms with van der Waals surface area (Å²) >= 11 is 0. The average molecular weight is 517 g/mol. The Morgan fingerprint density at radius 3 is 1.78 bits per heavy atom. The lowest BCUT2D eigenvalue weighted by Crippen LogP contribution is -2.52. The highest BCUT2D eigenvalue weighted by Gasteiger charge is 2.54. The van der Waals surface area contributed by atoms with E-state index >= 15 is 0 Å². The molecule has 3 aliphatic heterocycles. The molecular weight excluding hydrogens is 464 g/mol. The molecule has 0 radical (unpaired) electrons. The Morgan fingerprint density at radius 2 is 1.27 bits per heavy atom. The van der Waals surface area contributed by atoms with E-state index in [1.165, 1.54) is 83.5 Å². The van der Waals surface area contributed by atoms with E-state index in [1.807, 2.05) is 23.3 Å². The van der Waals surface area contributed by atoms with Crippen LogP contribution < -0.4 is 0 Å². The Hall–Kier alpha value is -1.82. The van der Waals surface area contributed by atoms with Crippen LogP contribution in [0.2, 0.25) is 0 Å². The standard InChI is InChI=1S/C31H52N2O4/c1-3-5-6-7-8-9-10-11-12-13-14-15-16-17-18-25-36-31(35)29-27-20-19-26(37-27)28(29)30(34)33-23-21-32(4-2)22-24-33/h4,19-20,26-29H,2-3,5-18,21-25H2,1H3. The molecule has 3 rings (SSSR count). The van der Waals surface area contributed by atoms with Crippen molar-refractivity contribution >= 4 is 11.9 Å². The quantitative estimate of drug-likeness (QED) is 0.115. The van der Waals surface area contributed by atoms with Gasteiger partial charge in [-0.05, 0) is 12.6 Å². The minimum absolute atomic E-state index is 0.0227. The summed E-state index contributed by atoms with van der Waals surface area (Å²) in [6, 6.07) is 0. The Bertz CT molecular complexity index is 716. The summed E-state index contributed by atoms with van der Waals surface area (Å²) in [4.78, 5) is 30.2. The lowest BCUT2D eigenvalue weighted by molar-refractivity contribution is -0.155. The fraction of sp³-hybridized carbons (Fsp3) is 0.806. The average Bonchev–Trinajstić information content (AvgIpc) is 3.54. The van der Waals surface area contributed by atoms with Crippen LogP contribution in [0.5, 0.6) is 0 Å². The number of hydrogen-bond acceptors (Lipinski definition) is 5. The van der Waals surface area contributed by atoms with Gasteiger partial charge in [0.1, 0.15) is 5.92 Å². The smallest absolute Gasteiger partial charge is 0.312 e. The zero-order valence-electron chi connectivity index (χ0n) is 23.4. The summed E-state index contributed by atoms with van der Waals surface area (Å²) in [5.74, 6) is -1.23. The molecule has 6 nitrogen and oxygen atoms in total. The Balaban J connectivity index is 1.22. The molecule has 6 heteroatoms. The monoisotopic (exact) mass is 516 g/mol. The van der Waals surface area contributed by atoms with Gasteiger partial charge < -0.3 is 19.3 Å². The van der Waals surface area contributed by atoms with Gasteiger partial charge in [-0.2, -0.15) is 0 Å². The number of hydrogen-bond donors (Lipinski definition) is 0. The number of piperazine rings is 1. The molecule has 2 fully saturated rings. The lowest BCUT2D eigenvalue weighted by Gasteiger charge is -2.36.